The van der Waals surface area contributed by atoms with Gasteiger partial charge in [0.1, 0.15) is 11.2 Å². The molecular formula is C60H44N2O2SSi. The van der Waals surface area contributed by atoms with Crippen molar-refractivity contribution in [2.45, 2.75) is 26.6 Å². The molecule has 10 aromatic carbocycles. The smallest absolute Gasteiger partial charge is 0.159 e. The minimum absolute atomic E-state index is 0.867. The fraction of sp³-hybridized carbons (Fsp3) is 0.0667. The Morgan fingerprint density at radius 1 is 0.394 bits per heavy atom. The summed E-state index contributed by atoms with van der Waals surface area (Å²) >= 11 is 1.88. The maximum atomic E-state index is 6.80. The minimum atomic E-state index is -1.56. The van der Waals surface area contributed by atoms with Gasteiger partial charge in [-0.3, -0.25) is 0 Å². The summed E-state index contributed by atoms with van der Waals surface area (Å²) in [6, 6.07) is 70.7. The van der Waals surface area contributed by atoms with E-state index < -0.39 is 8.07 Å². The van der Waals surface area contributed by atoms with E-state index in [-0.39, 0.29) is 0 Å². The summed E-state index contributed by atoms with van der Waals surface area (Å²) in [7, 11) is -1.56. The standard InChI is InChI=1S/C60H44N2O2SSi/c1-37-27-29-38(30-28-37)61(50-23-13-21-46-43-17-9-11-25-54(43)63-58(46)50)52-35-49-57-45-19-7-5-15-41(45)53(36-56(57)65-60(49)48-20-8-6-16-42(48)52)62(39-31-33-40(34-32-39)66(2,3)4)51-24-14-22-47-44-18-10-12-26-55(44)64-59(47)51/h5-36H,1-4H3. The highest BCUT2D eigenvalue weighted by atomic mass is 32.1. The van der Waals surface area contributed by atoms with E-state index in [2.05, 4.69) is 224 Å². The van der Waals surface area contributed by atoms with Crippen LogP contribution in [-0.2, 0) is 0 Å². The molecule has 0 aliphatic carbocycles. The molecule has 4 nitrogen and oxygen atoms in total. The Morgan fingerprint density at radius 2 is 0.848 bits per heavy atom. The molecule has 0 amide bonds. The van der Waals surface area contributed by atoms with Crippen LogP contribution in [-0.4, -0.2) is 8.07 Å². The molecule has 0 fully saturated rings. The number of aryl methyl sites for hydroxylation is 1. The van der Waals surface area contributed by atoms with Crippen molar-refractivity contribution in [1.82, 2.24) is 0 Å². The first-order valence-electron chi connectivity index (χ1n) is 22.7. The van der Waals surface area contributed by atoms with E-state index in [9.17, 15) is 0 Å². The van der Waals surface area contributed by atoms with Crippen LogP contribution in [0.4, 0.5) is 34.1 Å². The van der Waals surface area contributed by atoms with E-state index in [1.165, 1.54) is 52.5 Å². The van der Waals surface area contributed by atoms with E-state index >= 15 is 0 Å². The van der Waals surface area contributed by atoms with Crippen LogP contribution in [0.25, 0.3) is 85.6 Å². The van der Waals surface area contributed by atoms with E-state index in [1.807, 2.05) is 17.4 Å². The lowest BCUT2D eigenvalue weighted by molar-refractivity contribution is 0.669. The molecule has 0 saturated carbocycles. The Labute approximate surface area is 387 Å². The molecule has 6 heteroatoms. The molecule has 0 bridgehead atoms. The van der Waals surface area contributed by atoms with Gasteiger partial charge in [-0.25, -0.2) is 0 Å². The summed E-state index contributed by atoms with van der Waals surface area (Å²) < 4.78 is 16.1. The molecular weight excluding hydrogens is 841 g/mol. The van der Waals surface area contributed by atoms with Crippen molar-refractivity contribution in [2.75, 3.05) is 9.80 Å². The Bertz CT molecular complexity index is 4060. The number of thiophene rings is 1. The topological polar surface area (TPSA) is 32.8 Å². The highest BCUT2D eigenvalue weighted by Gasteiger charge is 2.27. The van der Waals surface area contributed by atoms with Gasteiger partial charge >= 0.3 is 0 Å². The van der Waals surface area contributed by atoms with Crippen molar-refractivity contribution in [3.63, 3.8) is 0 Å². The zero-order valence-corrected chi connectivity index (χ0v) is 38.9. The molecule has 0 radical (unpaired) electrons. The van der Waals surface area contributed by atoms with Crippen molar-refractivity contribution in [3.05, 3.63) is 200 Å². The number of benzene rings is 10. The molecule has 0 N–H and O–H groups in total. The molecule has 13 aromatic rings. The van der Waals surface area contributed by atoms with Crippen LogP contribution in [0.3, 0.4) is 0 Å². The second-order valence-corrected chi connectivity index (χ2v) is 24.7. The first-order chi connectivity index (χ1) is 32.3. The maximum Gasteiger partial charge on any atom is 0.159 e. The number of fused-ring (bicyclic) bond motifs is 13. The van der Waals surface area contributed by atoms with Crippen LogP contribution < -0.4 is 15.0 Å². The van der Waals surface area contributed by atoms with Crippen molar-refractivity contribution >= 4 is 144 Å². The number of para-hydroxylation sites is 4. The number of nitrogens with zero attached hydrogens (tertiary/aromatic N) is 2. The number of furan rings is 2. The number of hydrogen-bond acceptors (Lipinski definition) is 5. The fourth-order valence-electron chi connectivity index (χ4n) is 10.2. The van der Waals surface area contributed by atoms with Crippen molar-refractivity contribution in [2.24, 2.45) is 0 Å². The molecule has 0 spiro atoms. The van der Waals surface area contributed by atoms with Gasteiger partial charge < -0.3 is 18.6 Å². The molecule has 0 atom stereocenters. The first kappa shape index (κ1) is 38.8. The van der Waals surface area contributed by atoms with Gasteiger partial charge in [0.05, 0.1) is 30.8 Å². The van der Waals surface area contributed by atoms with Crippen molar-refractivity contribution in [3.8, 4) is 0 Å². The van der Waals surface area contributed by atoms with Gasteiger partial charge in [-0.1, -0.05) is 164 Å². The third kappa shape index (κ3) is 5.95. The predicted molar refractivity (Wildman–Crippen MR) is 286 cm³/mol. The monoisotopic (exact) mass is 884 g/mol. The zero-order chi connectivity index (χ0) is 44.3. The molecule has 66 heavy (non-hydrogen) atoms. The van der Waals surface area contributed by atoms with E-state index in [0.29, 0.717) is 0 Å². The summed E-state index contributed by atoms with van der Waals surface area (Å²) in [6.07, 6.45) is 0. The molecule has 0 saturated heterocycles. The normalized spacial score (nSPS) is 12.2. The number of hydrogen-bond donors (Lipinski definition) is 0. The van der Waals surface area contributed by atoms with E-state index in [0.717, 1.165) is 78.0 Å². The van der Waals surface area contributed by atoms with Gasteiger partial charge in [0, 0.05) is 69.3 Å². The molecule has 0 unspecified atom stereocenters. The second kappa shape index (κ2) is 14.7. The number of anilines is 6. The zero-order valence-electron chi connectivity index (χ0n) is 37.1. The number of rotatable bonds is 7. The fourth-order valence-corrected chi connectivity index (χ4v) is 12.7. The summed E-state index contributed by atoms with van der Waals surface area (Å²) in [4.78, 5) is 4.84. The lowest BCUT2D eigenvalue weighted by Crippen LogP contribution is -2.37. The van der Waals surface area contributed by atoms with E-state index in [4.69, 9.17) is 8.83 Å². The van der Waals surface area contributed by atoms with Gasteiger partial charge in [-0.05, 0) is 73.0 Å². The predicted octanol–water partition coefficient (Wildman–Crippen LogP) is 18.0. The highest BCUT2D eigenvalue weighted by Crippen LogP contribution is 2.52. The molecule has 316 valence electrons. The molecule has 0 aliphatic rings. The summed E-state index contributed by atoms with van der Waals surface area (Å²) in [5, 5.41) is 13.1. The quantitative estimate of drug-likeness (QED) is 0.149. The molecule has 3 heterocycles. The Morgan fingerprint density at radius 3 is 1.41 bits per heavy atom. The summed E-state index contributed by atoms with van der Waals surface area (Å²) in [5.74, 6) is 0. The van der Waals surface area contributed by atoms with Crippen LogP contribution in [0.2, 0.25) is 19.6 Å². The summed E-state index contributed by atoms with van der Waals surface area (Å²) in [6.45, 7) is 9.37. The van der Waals surface area contributed by atoms with Gasteiger partial charge in [0.2, 0.25) is 0 Å². The van der Waals surface area contributed by atoms with Gasteiger partial charge in [0.15, 0.2) is 11.2 Å². The average Bonchev–Trinajstić information content (AvgIpc) is 4.05. The Kier molecular flexibility index (Phi) is 8.63. The van der Waals surface area contributed by atoms with E-state index in [1.54, 1.807) is 0 Å². The minimum Gasteiger partial charge on any atom is -0.454 e. The SMILES string of the molecule is Cc1ccc(N(c2cc3c(sc4cc(N(c5ccc([Si](C)(C)C)cc5)c5cccc6c5oc5ccccc56)c5ccccc5c43)c3ccccc23)c2cccc3c2oc2ccccc23)cc1. The third-order valence-corrected chi connectivity index (χ3v) is 16.7. The van der Waals surface area contributed by atoms with Crippen LogP contribution in [0.15, 0.2) is 203 Å². The van der Waals surface area contributed by atoms with Gasteiger partial charge in [-0.2, -0.15) is 0 Å². The largest absolute Gasteiger partial charge is 0.454 e. The van der Waals surface area contributed by atoms with Gasteiger partial charge in [-0.15, -0.1) is 11.3 Å². The van der Waals surface area contributed by atoms with Crippen molar-refractivity contribution in [1.29, 1.82) is 0 Å². The Hall–Kier alpha value is -7.64. The van der Waals surface area contributed by atoms with Crippen LogP contribution in [0.5, 0.6) is 0 Å². The van der Waals surface area contributed by atoms with Crippen LogP contribution in [0.1, 0.15) is 5.56 Å². The first-order valence-corrected chi connectivity index (χ1v) is 27.0. The average molecular weight is 885 g/mol. The second-order valence-electron chi connectivity index (χ2n) is 18.5. The summed E-state index contributed by atoms with van der Waals surface area (Å²) in [5.41, 5.74) is 11.1. The van der Waals surface area contributed by atoms with Crippen LogP contribution >= 0.6 is 11.3 Å². The highest BCUT2D eigenvalue weighted by molar-refractivity contribution is 7.27. The molecule has 0 aliphatic heterocycles. The third-order valence-electron chi connectivity index (χ3n) is 13.5. The van der Waals surface area contributed by atoms with Crippen LogP contribution in [0, 0.1) is 6.92 Å². The van der Waals surface area contributed by atoms with Gasteiger partial charge in [0.25, 0.3) is 0 Å². The lowest BCUT2D eigenvalue weighted by atomic mass is 9.97. The lowest BCUT2D eigenvalue weighted by Gasteiger charge is -2.28. The van der Waals surface area contributed by atoms with Crippen molar-refractivity contribution < 1.29 is 8.83 Å². The molecule has 13 rings (SSSR count). The Balaban J connectivity index is 1.11. The molecule has 3 aromatic heterocycles. The maximum absolute atomic E-state index is 6.80.